The molecule has 1 N–H and O–H groups in total. The summed E-state index contributed by atoms with van der Waals surface area (Å²) in [6.45, 7) is 2.76. The topological polar surface area (TPSA) is 76.1 Å². The molecule has 6 heteroatoms. The van der Waals surface area contributed by atoms with Gasteiger partial charge in [-0.1, -0.05) is 18.2 Å². The number of hydrogen-bond acceptors (Lipinski definition) is 5. The van der Waals surface area contributed by atoms with Gasteiger partial charge in [-0.3, -0.25) is 4.79 Å². The number of aliphatic carboxylic acids is 1. The second kappa shape index (κ2) is 8.94. The van der Waals surface area contributed by atoms with Crippen molar-refractivity contribution in [3.05, 3.63) is 65.2 Å². The zero-order valence-electron chi connectivity index (χ0n) is 17.7. The van der Waals surface area contributed by atoms with E-state index in [1.165, 1.54) is 11.6 Å². The Morgan fingerprint density at radius 3 is 2.77 bits per heavy atom. The number of ether oxygens (including phenoxy) is 2. The minimum atomic E-state index is -1.02. The summed E-state index contributed by atoms with van der Waals surface area (Å²) < 4.78 is 11.6. The van der Waals surface area contributed by atoms with Crippen LogP contribution in [0.25, 0.3) is 6.08 Å². The Kier molecular flexibility index (Phi) is 6.09. The normalized spacial score (nSPS) is 18.0. The molecule has 0 saturated carbocycles. The van der Waals surface area contributed by atoms with Crippen molar-refractivity contribution in [3.8, 4) is 11.5 Å². The molecule has 0 unspecified atom stereocenters. The number of methoxy groups -OCH3 is 1. The predicted octanol–water partition coefficient (Wildman–Crippen LogP) is 3.84. The lowest BCUT2D eigenvalue weighted by molar-refractivity contribution is -0.131. The van der Waals surface area contributed by atoms with Gasteiger partial charge in [0.25, 0.3) is 0 Å². The van der Waals surface area contributed by atoms with Crippen LogP contribution in [0.15, 0.2) is 48.5 Å². The van der Waals surface area contributed by atoms with Gasteiger partial charge in [-0.25, -0.2) is 4.79 Å². The lowest BCUT2D eigenvalue weighted by Gasteiger charge is -2.44. The van der Waals surface area contributed by atoms with Gasteiger partial charge in [0.1, 0.15) is 17.1 Å². The highest BCUT2D eigenvalue weighted by atomic mass is 16.5. The van der Waals surface area contributed by atoms with E-state index in [0.29, 0.717) is 23.3 Å². The van der Waals surface area contributed by atoms with E-state index in [-0.39, 0.29) is 5.78 Å². The number of rotatable bonds is 6. The Hall–Kier alpha value is -3.12. The van der Waals surface area contributed by atoms with E-state index in [0.717, 1.165) is 50.7 Å². The highest BCUT2D eigenvalue weighted by Gasteiger charge is 2.42. The number of carboxylic acids is 1. The summed E-state index contributed by atoms with van der Waals surface area (Å²) in [5, 5.41) is 8.79. The third-order valence-electron chi connectivity index (χ3n) is 6.15. The molecular weight excluding hydrogens is 394 g/mol. The van der Waals surface area contributed by atoms with Crippen LogP contribution in [0, 0.1) is 0 Å². The van der Waals surface area contributed by atoms with Gasteiger partial charge in [0.2, 0.25) is 0 Å². The van der Waals surface area contributed by atoms with E-state index >= 15 is 0 Å². The number of benzene rings is 2. The molecule has 2 aromatic carbocycles. The molecule has 2 aliphatic rings. The smallest absolute Gasteiger partial charge is 0.328 e. The summed E-state index contributed by atoms with van der Waals surface area (Å²) in [4.78, 5) is 26.0. The summed E-state index contributed by atoms with van der Waals surface area (Å²) in [6, 6.07) is 13.4. The van der Waals surface area contributed by atoms with Crippen molar-refractivity contribution in [3.63, 3.8) is 0 Å². The largest absolute Gasteiger partial charge is 0.497 e. The standard InChI is InChI=1S/C25H27NO5/c1-30-20-4-2-3-18(15-20)9-12-26-13-10-25(11-14-26)17-22(27)21-16-19(6-8-24(28)29)5-7-23(21)31-25/h2-8,15-16H,9-14,17H2,1H3,(H,28,29). The zero-order chi connectivity index (χ0) is 21.8. The molecule has 2 aromatic rings. The fraction of sp³-hybridized carbons (Fsp3) is 0.360. The number of carbonyl (C=O) groups is 2. The first kappa shape index (κ1) is 21.1. The average Bonchev–Trinajstić information content (AvgIpc) is 2.78. The molecule has 1 spiro atoms. The van der Waals surface area contributed by atoms with Crippen LogP contribution in [-0.4, -0.2) is 54.1 Å². The van der Waals surface area contributed by atoms with Gasteiger partial charge in [0.15, 0.2) is 5.78 Å². The van der Waals surface area contributed by atoms with Crippen molar-refractivity contribution >= 4 is 17.8 Å². The van der Waals surface area contributed by atoms with Crippen molar-refractivity contribution in [2.24, 2.45) is 0 Å². The number of nitrogens with zero attached hydrogens (tertiary/aromatic N) is 1. The van der Waals surface area contributed by atoms with Gasteiger partial charge >= 0.3 is 5.97 Å². The zero-order valence-corrected chi connectivity index (χ0v) is 17.7. The second-order valence-electron chi connectivity index (χ2n) is 8.26. The van der Waals surface area contributed by atoms with E-state index in [2.05, 4.69) is 17.0 Å². The molecule has 162 valence electrons. The maximum Gasteiger partial charge on any atom is 0.328 e. The molecular formula is C25H27NO5. The van der Waals surface area contributed by atoms with Gasteiger partial charge in [-0.2, -0.15) is 0 Å². The van der Waals surface area contributed by atoms with Crippen LogP contribution in [0.5, 0.6) is 11.5 Å². The van der Waals surface area contributed by atoms with Gasteiger partial charge in [0, 0.05) is 38.6 Å². The number of carbonyl (C=O) groups excluding carboxylic acids is 1. The minimum Gasteiger partial charge on any atom is -0.497 e. The van der Waals surface area contributed by atoms with E-state index in [1.54, 1.807) is 25.3 Å². The van der Waals surface area contributed by atoms with Crippen molar-refractivity contribution in [2.45, 2.75) is 31.3 Å². The average molecular weight is 421 g/mol. The van der Waals surface area contributed by atoms with Gasteiger partial charge < -0.3 is 19.5 Å². The molecule has 0 aliphatic carbocycles. The van der Waals surface area contributed by atoms with Crippen LogP contribution in [0.1, 0.15) is 40.7 Å². The second-order valence-corrected chi connectivity index (χ2v) is 8.26. The first-order valence-corrected chi connectivity index (χ1v) is 10.6. The number of hydrogen-bond donors (Lipinski definition) is 1. The first-order chi connectivity index (χ1) is 15.0. The molecule has 31 heavy (non-hydrogen) atoms. The Balaban J connectivity index is 1.37. The van der Waals surface area contributed by atoms with Gasteiger partial charge in [-0.05, 0) is 47.9 Å². The summed E-state index contributed by atoms with van der Waals surface area (Å²) in [7, 11) is 1.68. The maximum atomic E-state index is 12.9. The Labute approximate surface area is 182 Å². The molecule has 1 fully saturated rings. The van der Waals surface area contributed by atoms with Crippen molar-refractivity contribution in [1.29, 1.82) is 0 Å². The van der Waals surface area contributed by atoms with Crippen molar-refractivity contribution in [2.75, 3.05) is 26.7 Å². The number of piperidine rings is 1. The molecule has 4 rings (SSSR count). The molecule has 0 amide bonds. The maximum absolute atomic E-state index is 12.9. The molecule has 2 heterocycles. The van der Waals surface area contributed by atoms with Crippen LogP contribution in [0.3, 0.4) is 0 Å². The summed E-state index contributed by atoms with van der Waals surface area (Å²) >= 11 is 0. The fourth-order valence-corrected chi connectivity index (χ4v) is 4.36. The molecule has 1 saturated heterocycles. The summed E-state index contributed by atoms with van der Waals surface area (Å²) in [5.41, 5.74) is 2.04. The van der Waals surface area contributed by atoms with Crippen molar-refractivity contribution in [1.82, 2.24) is 4.90 Å². The monoisotopic (exact) mass is 421 g/mol. The lowest BCUT2D eigenvalue weighted by Crippen LogP contribution is -2.51. The summed E-state index contributed by atoms with van der Waals surface area (Å²) in [6.07, 6.45) is 5.52. The highest BCUT2D eigenvalue weighted by molar-refractivity contribution is 6.01. The third kappa shape index (κ3) is 4.97. The fourth-order valence-electron chi connectivity index (χ4n) is 4.36. The molecule has 0 aromatic heterocycles. The number of fused-ring (bicyclic) bond motifs is 1. The number of Topliss-reactive ketones (excluding diaryl/α,β-unsaturated/α-hetero) is 1. The van der Waals surface area contributed by atoms with Crippen LogP contribution >= 0.6 is 0 Å². The number of ketones is 1. The number of likely N-dealkylation sites (tertiary alicyclic amines) is 1. The SMILES string of the molecule is COc1cccc(CCN2CCC3(CC2)CC(=O)c2cc(C=CC(=O)O)ccc2O3)c1. The molecule has 0 radical (unpaired) electrons. The molecule has 0 bridgehead atoms. The Bertz CT molecular complexity index is 1000. The van der Waals surface area contributed by atoms with E-state index < -0.39 is 11.6 Å². The summed E-state index contributed by atoms with van der Waals surface area (Å²) in [5.74, 6) is 0.534. The first-order valence-electron chi connectivity index (χ1n) is 10.6. The van der Waals surface area contributed by atoms with E-state index in [4.69, 9.17) is 14.6 Å². The molecule has 0 atom stereocenters. The Morgan fingerprint density at radius 1 is 1.23 bits per heavy atom. The Morgan fingerprint density at radius 2 is 2.03 bits per heavy atom. The van der Waals surface area contributed by atoms with E-state index in [1.807, 2.05) is 12.1 Å². The van der Waals surface area contributed by atoms with E-state index in [9.17, 15) is 9.59 Å². The molecule has 2 aliphatic heterocycles. The third-order valence-corrected chi connectivity index (χ3v) is 6.15. The van der Waals surface area contributed by atoms with Crippen LogP contribution in [0.4, 0.5) is 0 Å². The van der Waals surface area contributed by atoms with Gasteiger partial charge in [0.05, 0.1) is 19.1 Å². The lowest BCUT2D eigenvalue weighted by atomic mass is 9.82. The van der Waals surface area contributed by atoms with Crippen LogP contribution in [-0.2, 0) is 11.2 Å². The highest BCUT2D eigenvalue weighted by Crippen LogP contribution is 2.39. The quantitative estimate of drug-likeness (QED) is 0.715. The van der Waals surface area contributed by atoms with Crippen molar-refractivity contribution < 1.29 is 24.2 Å². The van der Waals surface area contributed by atoms with Crippen LogP contribution < -0.4 is 9.47 Å². The number of carboxylic acid groups (broad SMARTS) is 1. The minimum absolute atomic E-state index is 0.0663. The van der Waals surface area contributed by atoms with Crippen LogP contribution in [0.2, 0.25) is 0 Å². The van der Waals surface area contributed by atoms with Gasteiger partial charge in [-0.15, -0.1) is 0 Å². The predicted molar refractivity (Wildman–Crippen MR) is 118 cm³/mol. The molecule has 6 nitrogen and oxygen atoms in total.